The van der Waals surface area contributed by atoms with Gasteiger partial charge in [-0.15, -0.1) is 0 Å². The van der Waals surface area contributed by atoms with Crippen molar-refractivity contribution in [2.45, 2.75) is 13.8 Å². The van der Waals surface area contributed by atoms with Gasteiger partial charge in [-0.05, 0) is 12.1 Å². The number of rotatable bonds is 5. The molecule has 3 heteroatoms. The first-order valence-corrected chi connectivity index (χ1v) is 4.98. The van der Waals surface area contributed by atoms with Crippen molar-refractivity contribution in [3.8, 4) is 5.75 Å². The summed E-state index contributed by atoms with van der Waals surface area (Å²) in [7, 11) is 0. The van der Waals surface area contributed by atoms with Crippen LogP contribution in [0.4, 0.5) is 4.39 Å². The number of benzene rings is 1. The Kier molecular flexibility index (Phi) is 4.28. The fourth-order valence-corrected chi connectivity index (χ4v) is 1.23. The van der Waals surface area contributed by atoms with Crippen LogP contribution in [0, 0.1) is 5.92 Å². The molecular formula is C12H15FO2. The van der Waals surface area contributed by atoms with Crippen LogP contribution in [0.25, 0.3) is 0 Å². The molecule has 0 amide bonds. The van der Waals surface area contributed by atoms with E-state index in [1.807, 2.05) is 13.8 Å². The Hall–Kier alpha value is -1.38. The van der Waals surface area contributed by atoms with E-state index in [-0.39, 0.29) is 18.3 Å². The minimum atomic E-state index is -0.525. The fourth-order valence-electron chi connectivity index (χ4n) is 1.23. The molecule has 0 fully saturated rings. The quantitative estimate of drug-likeness (QED) is 0.698. The van der Waals surface area contributed by atoms with Gasteiger partial charge < -0.3 is 4.74 Å². The van der Waals surface area contributed by atoms with E-state index in [4.69, 9.17) is 4.74 Å². The van der Waals surface area contributed by atoms with Crippen LogP contribution >= 0.6 is 0 Å². The number of ether oxygens (including phenoxy) is 1. The summed E-state index contributed by atoms with van der Waals surface area (Å²) < 4.78 is 17.0. The summed E-state index contributed by atoms with van der Waals surface area (Å²) in [5.41, 5.74) is 0.612. The van der Waals surface area contributed by atoms with Crippen LogP contribution in [0.3, 0.4) is 0 Å². The summed E-state index contributed by atoms with van der Waals surface area (Å²) in [6.45, 7) is 3.19. The lowest BCUT2D eigenvalue weighted by Crippen LogP contribution is -2.07. The van der Waals surface area contributed by atoms with Gasteiger partial charge >= 0.3 is 0 Å². The third kappa shape index (κ3) is 3.35. The molecule has 0 radical (unpaired) electrons. The van der Waals surface area contributed by atoms with E-state index in [1.54, 1.807) is 24.3 Å². The zero-order valence-electron chi connectivity index (χ0n) is 9.00. The molecule has 1 rings (SSSR count). The average molecular weight is 210 g/mol. The minimum absolute atomic E-state index is 0.0271. The van der Waals surface area contributed by atoms with Crippen molar-refractivity contribution in [3.05, 3.63) is 29.8 Å². The molecule has 0 aliphatic heterocycles. The Balaban J connectivity index is 2.78. The molecule has 82 valence electrons. The van der Waals surface area contributed by atoms with E-state index in [1.165, 1.54) is 0 Å². The van der Waals surface area contributed by atoms with Crippen LogP contribution in [0.5, 0.6) is 5.75 Å². The SMILES string of the molecule is CC(C)C(=O)c1cccc(OCCF)c1. The first-order chi connectivity index (χ1) is 7.15. The van der Waals surface area contributed by atoms with Crippen LogP contribution in [0.15, 0.2) is 24.3 Å². The molecule has 0 N–H and O–H groups in total. The number of carbonyl (C=O) groups excluding carboxylic acids is 1. The van der Waals surface area contributed by atoms with Crippen molar-refractivity contribution < 1.29 is 13.9 Å². The summed E-state index contributed by atoms with van der Waals surface area (Å²) in [6.07, 6.45) is 0. The summed E-state index contributed by atoms with van der Waals surface area (Å²) in [5, 5.41) is 0. The van der Waals surface area contributed by atoms with E-state index in [0.29, 0.717) is 11.3 Å². The molecule has 0 aliphatic carbocycles. The van der Waals surface area contributed by atoms with Crippen LogP contribution < -0.4 is 4.74 Å². The third-order valence-electron chi connectivity index (χ3n) is 1.99. The van der Waals surface area contributed by atoms with E-state index in [9.17, 15) is 9.18 Å². The normalized spacial score (nSPS) is 10.4. The zero-order valence-corrected chi connectivity index (χ0v) is 9.00. The topological polar surface area (TPSA) is 26.3 Å². The maximum absolute atomic E-state index is 11.9. The smallest absolute Gasteiger partial charge is 0.165 e. The van der Waals surface area contributed by atoms with Gasteiger partial charge in [-0.1, -0.05) is 26.0 Å². The highest BCUT2D eigenvalue weighted by Crippen LogP contribution is 2.16. The van der Waals surface area contributed by atoms with Crippen LogP contribution in [-0.4, -0.2) is 19.1 Å². The second kappa shape index (κ2) is 5.49. The fraction of sp³-hybridized carbons (Fsp3) is 0.417. The van der Waals surface area contributed by atoms with E-state index < -0.39 is 6.67 Å². The van der Waals surface area contributed by atoms with E-state index in [2.05, 4.69) is 0 Å². The lowest BCUT2D eigenvalue weighted by Gasteiger charge is -2.07. The standard InChI is InChI=1S/C12H15FO2/c1-9(2)12(14)10-4-3-5-11(8-10)15-7-6-13/h3-5,8-9H,6-7H2,1-2H3. The predicted octanol–water partition coefficient (Wildman–Crippen LogP) is 2.87. The van der Waals surface area contributed by atoms with Crippen LogP contribution in [-0.2, 0) is 0 Å². The predicted molar refractivity (Wildman–Crippen MR) is 57.1 cm³/mol. The lowest BCUT2D eigenvalue weighted by molar-refractivity contribution is 0.0939. The first kappa shape index (κ1) is 11.7. The molecular weight excluding hydrogens is 195 g/mol. The lowest BCUT2D eigenvalue weighted by atomic mass is 10.0. The molecule has 0 saturated heterocycles. The van der Waals surface area contributed by atoms with Crippen LogP contribution in [0.2, 0.25) is 0 Å². The van der Waals surface area contributed by atoms with E-state index in [0.717, 1.165) is 0 Å². The van der Waals surface area contributed by atoms with Gasteiger partial charge in [0.1, 0.15) is 19.0 Å². The summed E-state index contributed by atoms with van der Waals surface area (Å²) in [6, 6.07) is 6.85. The second-order valence-corrected chi connectivity index (χ2v) is 3.58. The van der Waals surface area contributed by atoms with Gasteiger partial charge in [0, 0.05) is 11.5 Å². The van der Waals surface area contributed by atoms with Crippen molar-refractivity contribution in [2.75, 3.05) is 13.3 Å². The highest BCUT2D eigenvalue weighted by atomic mass is 19.1. The Morgan fingerprint density at radius 3 is 2.80 bits per heavy atom. The van der Waals surface area contributed by atoms with Gasteiger partial charge in [0.15, 0.2) is 5.78 Å². The first-order valence-electron chi connectivity index (χ1n) is 4.98. The highest BCUT2D eigenvalue weighted by Gasteiger charge is 2.10. The Labute approximate surface area is 89.1 Å². The molecule has 1 aromatic carbocycles. The Morgan fingerprint density at radius 2 is 2.20 bits per heavy atom. The molecule has 2 nitrogen and oxygen atoms in total. The van der Waals surface area contributed by atoms with E-state index >= 15 is 0 Å². The van der Waals surface area contributed by atoms with Crippen molar-refractivity contribution in [2.24, 2.45) is 5.92 Å². The molecule has 0 atom stereocenters. The second-order valence-electron chi connectivity index (χ2n) is 3.58. The van der Waals surface area contributed by atoms with Crippen molar-refractivity contribution in [3.63, 3.8) is 0 Å². The number of hydrogen-bond acceptors (Lipinski definition) is 2. The highest BCUT2D eigenvalue weighted by molar-refractivity contribution is 5.97. The van der Waals surface area contributed by atoms with Gasteiger partial charge in [0.25, 0.3) is 0 Å². The number of alkyl halides is 1. The maximum atomic E-state index is 11.9. The average Bonchev–Trinajstić information content (AvgIpc) is 2.25. The van der Waals surface area contributed by atoms with Gasteiger partial charge in [-0.2, -0.15) is 0 Å². The van der Waals surface area contributed by atoms with Crippen molar-refractivity contribution in [1.29, 1.82) is 0 Å². The molecule has 0 aliphatic rings. The molecule has 15 heavy (non-hydrogen) atoms. The minimum Gasteiger partial charge on any atom is -0.491 e. The number of Topliss-reactive ketones (excluding diaryl/α,β-unsaturated/α-hetero) is 1. The number of hydrogen-bond donors (Lipinski definition) is 0. The molecule has 0 heterocycles. The zero-order chi connectivity index (χ0) is 11.3. The third-order valence-corrected chi connectivity index (χ3v) is 1.99. The summed E-state index contributed by atoms with van der Waals surface area (Å²) >= 11 is 0. The molecule has 0 unspecified atom stereocenters. The summed E-state index contributed by atoms with van der Waals surface area (Å²) in [5.74, 6) is 0.571. The monoisotopic (exact) mass is 210 g/mol. The van der Waals surface area contributed by atoms with Crippen molar-refractivity contribution >= 4 is 5.78 Å². The maximum Gasteiger partial charge on any atom is 0.165 e. The number of ketones is 1. The van der Waals surface area contributed by atoms with Gasteiger partial charge in [-0.25, -0.2) is 4.39 Å². The molecule has 0 bridgehead atoms. The Morgan fingerprint density at radius 1 is 1.47 bits per heavy atom. The number of halogens is 1. The molecule has 0 saturated carbocycles. The molecule has 1 aromatic rings. The molecule has 0 spiro atoms. The Bertz CT molecular complexity index is 334. The van der Waals surface area contributed by atoms with Gasteiger partial charge in [-0.3, -0.25) is 4.79 Å². The summed E-state index contributed by atoms with van der Waals surface area (Å²) in [4.78, 5) is 11.6. The van der Waals surface area contributed by atoms with Crippen molar-refractivity contribution in [1.82, 2.24) is 0 Å². The van der Waals surface area contributed by atoms with Gasteiger partial charge in [0.05, 0.1) is 0 Å². The van der Waals surface area contributed by atoms with Gasteiger partial charge in [0.2, 0.25) is 0 Å². The number of carbonyl (C=O) groups is 1. The van der Waals surface area contributed by atoms with Crippen LogP contribution in [0.1, 0.15) is 24.2 Å². The molecule has 0 aromatic heterocycles. The largest absolute Gasteiger partial charge is 0.491 e.